The fraction of sp³-hybridized carbons (Fsp3) is 0.316. The number of para-hydroxylation sites is 1. The van der Waals surface area contributed by atoms with Crippen LogP contribution in [0.25, 0.3) is 22.2 Å². The molecule has 0 aliphatic heterocycles. The van der Waals surface area contributed by atoms with Crippen LogP contribution in [0, 0.1) is 5.92 Å². The lowest BCUT2D eigenvalue weighted by Crippen LogP contribution is -2.31. The third-order valence-corrected chi connectivity index (χ3v) is 4.26. The van der Waals surface area contributed by atoms with Crippen LogP contribution < -0.4 is 4.90 Å². The van der Waals surface area contributed by atoms with Gasteiger partial charge in [0.15, 0.2) is 0 Å². The van der Waals surface area contributed by atoms with E-state index in [2.05, 4.69) is 9.97 Å². The quantitative estimate of drug-likeness (QED) is 0.645. The number of hydrogen-bond donors (Lipinski definition) is 0. The van der Waals surface area contributed by atoms with Gasteiger partial charge in [-0.05, 0) is 17.7 Å². The molecule has 132 valence electrons. The minimum atomic E-state index is -0.119. The van der Waals surface area contributed by atoms with Crippen molar-refractivity contribution in [3.63, 3.8) is 0 Å². The maximum atomic E-state index is 12.4. The minimum absolute atomic E-state index is 0. The van der Waals surface area contributed by atoms with Gasteiger partial charge in [0.2, 0.25) is 11.2 Å². The second kappa shape index (κ2) is 7.23. The van der Waals surface area contributed by atoms with Gasteiger partial charge in [-0.25, -0.2) is 9.97 Å². The van der Waals surface area contributed by atoms with E-state index >= 15 is 0 Å². The second-order valence-corrected chi connectivity index (χ2v) is 6.43. The zero-order valence-corrected chi connectivity index (χ0v) is 14.9. The number of nitrogens with zero attached hydrogens (tertiary/aromatic N) is 4. The van der Waals surface area contributed by atoms with Crippen LogP contribution in [-0.2, 0) is 11.8 Å². The Hall–Kier alpha value is -2.40. The van der Waals surface area contributed by atoms with E-state index in [4.69, 9.17) is 11.6 Å². The van der Waals surface area contributed by atoms with Gasteiger partial charge in [0.05, 0.1) is 11.9 Å². The summed E-state index contributed by atoms with van der Waals surface area (Å²) in [5, 5.41) is 1.22. The van der Waals surface area contributed by atoms with Gasteiger partial charge in [0.25, 0.3) is 0 Å². The molecule has 0 aliphatic carbocycles. The number of aromatic nitrogens is 3. The molecule has 0 spiro atoms. The van der Waals surface area contributed by atoms with Crippen molar-refractivity contribution < 1.29 is 4.79 Å². The number of hydrogen-bond acceptors (Lipinski definition) is 3. The smallest absolute Gasteiger partial charge is 0.229 e. The first-order valence-electron chi connectivity index (χ1n) is 7.74. The first-order valence-corrected chi connectivity index (χ1v) is 8.12. The van der Waals surface area contributed by atoms with Crippen molar-refractivity contribution in [3.8, 4) is 11.3 Å². The molecule has 25 heavy (non-hydrogen) atoms. The van der Waals surface area contributed by atoms with E-state index in [0.29, 0.717) is 11.4 Å². The van der Waals surface area contributed by atoms with Crippen molar-refractivity contribution in [2.45, 2.75) is 21.3 Å². The Morgan fingerprint density at radius 3 is 2.64 bits per heavy atom. The molecule has 6 heteroatoms. The highest BCUT2D eigenvalue weighted by atomic mass is 35.5. The normalized spacial score (nSPS) is 10.8. The lowest BCUT2D eigenvalue weighted by Gasteiger charge is -2.21. The fourth-order valence-electron chi connectivity index (χ4n) is 2.83. The predicted octanol–water partition coefficient (Wildman–Crippen LogP) is 4.54. The van der Waals surface area contributed by atoms with E-state index in [1.165, 1.54) is 0 Å². The Labute approximate surface area is 153 Å². The van der Waals surface area contributed by atoms with Crippen LogP contribution in [0.1, 0.15) is 21.3 Å². The Balaban J connectivity index is 0.00000225. The summed E-state index contributed by atoms with van der Waals surface area (Å²) in [5.41, 5.74) is 3.32. The summed E-state index contributed by atoms with van der Waals surface area (Å²) in [7, 11) is 3.72. The van der Waals surface area contributed by atoms with Crippen molar-refractivity contribution in [3.05, 3.63) is 41.9 Å². The maximum Gasteiger partial charge on any atom is 0.229 e. The van der Waals surface area contributed by atoms with Crippen molar-refractivity contribution in [1.29, 1.82) is 0 Å². The zero-order chi connectivity index (χ0) is 17.4. The summed E-state index contributed by atoms with van der Waals surface area (Å²) < 4.78 is 2.04. The van der Waals surface area contributed by atoms with Gasteiger partial charge in [-0.15, -0.1) is 0 Å². The van der Waals surface area contributed by atoms with Crippen LogP contribution >= 0.6 is 11.6 Å². The summed E-state index contributed by atoms with van der Waals surface area (Å²) in [6.45, 7) is 3.74. The molecule has 2 aromatic heterocycles. The van der Waals surface area contributed by atoms with Crippen LogP contribution in [0.15, 0.2) is 36.7 Å². The molecule has 5 nitrogen and oxygen atoms in total. The molecule has 3 aromatic rings. The number of carbonyl (C=O) groups excluding carboxylic acids is 1. The average molecular weight is 359 g/mol. The molecule has 0 aliphatic rings. The standard InChI is InChI=1S/C18H19ClN4O.CH4/c1-11(2)17(24)23(4)15-9-20-18(19)21-16(15)13-10-22(3)14-8-6-5-7-12(13)14;/h5-11H,1-4H3;1H4. The van der Waals surface area contributed by atoms with Crippen LogP contribution in [0.4, 0.5) is 5.69 Å². The third kappa shape index (κ3) is 3.37. The summed E-state index contributed by atoms with van der Waals surface area (Å²) in [5.74, 6) is -0.117. The Kier molecular flexibility index (Phi) is 5.48. The summed E-state index contributed by atoms with van der Waals surface area (Å²) in [6.07, 6.45) is 3.60. The van der Waals surface area contributed by atoms with Crippen molar-refractivity contribution >= 4 is 34.1 Å². The van der Waals surface area contributed by atoms with Crippen LogP contribution in [0.3, 0.4) is 0 Å². The number of benzene rings is 1. The summed E-state index contributed by atoms with van der Waals surface area (Å²) >= 11 is 6.04. The Morgan fingerprint density at radius 2 is 1.96 bits per heavy atom. The van der Waals surface area contributed by atoms with Crippen molar-refractivity contribution in [2.24, 2.45) is 13.0 Å². The SMILES string of the molecule is C.CC(C)C(=O)N(C)c1cnc(Cl)nc1-c1cn(C)c2ccccc12. The number of anilines is 1. The highest BCUT2D eigenvalue weighted by molar-refractivity contribution is 6.28. The molecule has 2 heterocycles. The van der Waals surface area contributed by atoms with Crippen molar-refractivity contribution in [1.82, 2.24) is 14.5 Å². The summed E-state index contributed by atoms with van der Waals surface area (Å²) in [6, 6.07) is 8.06. The Morgan fingerprint density at radius 1 is 1.28 bits per heavy atom. The van der Waals surface area contributed by atoms with E-state index in [1.807, 2.05) is 55.9 Å². The minimum Gasteiger partial charge on any atom is -0.350 e. The van der Waals surface area contributed by atoms with Gasteiger partial charge in [0, 0.05) is 42.7 Å². The molecule has 0 unspecified atom stereocenters. The third-order valence-electron chi connectivity index (χ3n) is 4.08. The first kappa shape index (κ1) is 18.9. The van der Waals surface area contributed by atoms with Gasteiger partial charge < -0.3 is 9.47 Å². The number of fused-ring (bicyclic) bond motifs is 1. The van der Waals surface area contributed by atoms with E-state index in [1.54, 1.807) is 18.1 Å². The van der Waals surface area contributed by atoms with E-state index in [0.717, 1.165) is 16.5 Å². The monoisotopic (exact) mass is 358 g/mol. The van der Waals surface area contributed by atoms with Gasteiger partial charge in [-0.3, -0.25) is 4.79 Å². The highest BCUT2D eigenvalue weighted by Crippen LogP contribution is 2.35. The largest absolute Gasteiger partial charge is 0.350 e. The number of carbonyl (C=O) groups is 1. The molecule has 1 aromatic carbocycles. The molecule has 0 saturated heterocycles. The molecule has 0 radical (unpaired) electrons. The van der Waals surface area contributed by atoms with Crippen LogP contribution in [0.5, 0.6) is 0 Å². The number of halogens is 1. The van der Waals surface area contributed by atoms with Gasteiger partial charge in [-0.1, -0.05) is 39.5 Å². The average Bonchev–Trinajstić information content (AvgIpc) is 2.90. The number of aryl methyl sites for hydroxylation is 1. The molecule has 0 fully saturated rings. The van der Waals surface area contributed by atoms with Gasteiger partial charge >= 0.3 is 0 Å². The molecule has 0 bridgehead atoms. The molecular weight excluding hydrogens is 336 g/mol. The summed E-state index contributed by atoms with van der Waals surface area (Å²) in [4.78, 5) is 22.5. The maximum absolute atomic E-state index is 12.4. The first-order chi connectivity index (χ1) is 11.4. The van der Waals surface area contributed by atoms with E-state index in [9.17, 15) is 4.79 Å². The molecule has 1 amide bonds. The lowest BCUT2D eigenvalue weighted by molar-refractivity contribution is -0.121. The van der Waals surface area contributed by atoms with E-state index in [-0.39, 0.29) is 24.5 Å². The van der Waals surface area contributed by atoms with Gasteiger partial charge in [0.1, 0.15) is 5.69 Å². The fourth-order valence-corrected chi connectivity index (χ4v) is 2.97. The Bertz CT molecular complexity index is 917. The van der Waals surface area contributed by atoms with Crippen LogP contribution in [-0.4, -0.2) is 27.5 Å². The predicted molar refractivity (Wildman–Crippen MR) is 104 cm³/mol. The van der Waals surface area contributed by atoms with E-state index < -0.39 is 0 Å². The lowest BCUT2D eigenvalue weighted by atomic mass is 10.1. The topological polar surface area (TPSA) is 51.0 Å². The molecule has 0 saturated carbocycles. The van der Waals surface area contributed by atoms with Crippen LogP contribution in [0.2, 0.25) is 5.28 Å². The highest BCUT2D eigenvalue weighted by Gasteiger charge is 2.22. The second-order valence-electron chi connectivity index (χ2n) is 6.10. The molecule has 0 N–H and O–H groups in total. The molecule has 0 atom stereocenters. The van der Waals surface area contributed by atoms with Crippen molar-refractivity contribution in [2.75, 3.05) is 11.9 Å². The number of rotatable bonds is 3. The number of amides is 1. The molecular formula is C19H23ClN4O. The zero-order valence-electron chi connectivity index (χ0n) is 14.1. The molecule has 3 rings (SSSR count). The van der Waals surface area contributed by atoms with Gasteiger partial charge in [-0.2, -0.15) is 0 Å².